The molecule has 2 aromatic heterocycles. The maximum absolute atomic E-state index is 8.71. The van der Waals surface area contributed by atoms with Gasteiger partial charge in [0.1, 0.15) is 6.33 Å². The van der Waals surface area contributed by atoms with E-state index in [0.29, 0.717) is 16.9 Å². The average Bonchev–Trinajstić information content (AvgIpc) is 2.79. The van der Waals surface area contributed by atoms with Crippen molar-refractivity contribution in [1.29, 1.82) is 0 Å². The Morgan fingerprint density at radius 2 is 2.25 bits per heavy atom. The molecule has 1 N–H and O–H groups in total. The summed E-state index contributed by atoms with van der Waals surface area (Å²) in [6, 6.07) is 0. The van der Waals surface area contributed by atoms with Crippen molar-refractivity contribution in [3.05, 3.63) is 24.0 Å². The first kappa shape index (κ1) is 11.3. The van der Waals surface area contributed by atoms with Crippen LogP contribution in [-0.2, 0) is 0 Å². The Hall–Kier alpha value is -1.18. The first-order valence-electron chi connectivity index (χ1n) is 4.43. The third-order valence-corrected chi connectivity index (χ3v) is 2.63. The van der Waals surface area contributed by atoms with Crippen LogP contribution < -0.4 is 0 Å². The van der Waals surface area contributed by atoms with E-state index in [1.54, 1.807) is 23.3 Å². The molecule has 8 heteroatoms. The van der Waals surface area contributed by atoms with Crippen LogP contribution in [0.15, 0.2) is 23.9 Å². The number of thioether (sulfide) groups is 1. The molecule has 0 bridgehead atoms. The van der Waals surface area contributed by atoms with Gasteiger partial charge in [-0.1, -0.05) is 11.8 Å². The minimum Gasteiger partial charge on any atom is -0.396 e. The molecule has 0 radical (unpaired) electrons. The molecule has 16 heavy (non-hydrogen) atoms. The Labute approximate surface area is 101 Å². The van der Waals surface area contributed by atoms with Crippen molar-refractivity contribution in [2.45, 2.75) is 5.16 Å². The Kier molecular flexibility index (Phi) is 3.70. The molecule has 0 aliphatic carbocycles. The van der Waals surface area contributed by atoms with Crippen LogP contribution in [0.2, 0.25) is 5.28 Å². The molecule has 0 fully saturated rings. The van der Waals surface area contributed by atoms with E-state index in [0.717, 1.165) is 0 Å². The predicted molar refractivity (Wildman–Crippen MR) is 59.8 cm³/mol. The first-order valence-corrected chi connectivity index (χ1v) is 5.79. The van der Waals surface area contributed by atoms with Gasteiger partial charge in [0.25, 0.3) is 0 Å². The normalized spacial score (nSPS) is 10.6. The van der Waals surface area contributed by atoms with Gasteiger partial charge in [-0.05, 0) is 11.6 Å². The summed E-state index contributed by atoms with van der Waals surface area (Å²) in [5.41, 5.74) is 0. The number of halogens is 1. The molecule has 0 aliphatic rings. The van der Waals surface area contributed by atoms with E-state index in [-0.39, 0.29) is 11.9 Å². The standard InChI is InChI=1S/C8H8ClN5OS/c9-6-11-7(14-2-1-10-5-14)13-8(12-6)16-4-3-15/h1-2,5,15H,3-4H2. The monoisotopic (exact) mass is 257 g/mol. The lowest BCUT2D eigenvalue weighted by Crippen LogP contribution is -2.03. The van der Waals surface area contributed by atoms with Crippen LogP contribution in [0.1, 0.15) is 0 Å². The van der Waals surface area contributed by atoms with Gasteiger partial charge in [-0.3, -0.25) is 4.57 Å². The fourth-order valence-electron chi connectivity index (χ4n) is 1.02. The maximum Gasteiger partial charge on any atom is 0.240 e. The number of aliphatic hydroxyl groups excluding tert-OH is 1. The van der Waals surface area contributed by atoms with E-state index in [9.17, 15) is 0 Å². The molecule has 0 aromatic carbocycles. The van der Waals surface area contributed by atoms with Gasteiger partial charge in [-0.25, -0.2) is 4.98 Å². The molecule has 0 amide bonds. The van der Waals surface area contributed by atoms with Crippen molar-refractivity contribution in [2.24, 2.45) is 0 Å². The molecular formula is C8H8ClN5OS. The van der Waals surface area contributed by atoms with Gasteiger partial charge >= 0.3 is 0 Å². The van der Waals surface area contributed by atoms with Crippen LogP contribution in [0.3, 0.4) is 0 Å². The van der Waals surface area contributed by atoms with Crippen molar-refractivity contribution < 1.29 is 5.11 Å². The van der Waals surface area contributed by atoms with Gasteiger partial charge in [0.2, 0.25) is 11.2 Å². The summed E-state index contributed by atoms with van der Waals surface area (Å²) < 4.78 is 1.64. The van der Waals surface area contributed by atoms with Gasteiger partial charge in [0, 0.05) is 18.1 Å². The summed E-state index contributed by atoms with van der Waals surface area (Å²) in [5.74, 6) is 0.932. The molecule has 0 unspecified atom stereocenters. The van der Waals surface area contributed by atoms with E-state index >= 15 is 0 Å². The molecule has 0 saturated carbocycles. The summed E-state index contributed by atoms with van der Waals surface area (Å²) >= 11 is 7.09. The zero-order valence-corrected chi connectivity index (χ0v) is 9.69. The van der Waals surface area contributed by atoms with E-state index < -0.39 is 0 Å². The van der Waals surface area contributed by atoms with Crippen LogP contribution in [-0.4, -0.2) is 42.0 Å². The largest absolute Gasteiger partial charge is 0.396 e. The molecule has 6 nitrogen and oxygen atoms in total. The number of rotatable bonds is 4. The number of aliphatic hydroxyl groups is 1. The predicted octanol–water partition coefficient (Wildman–Crippen LogP) is 0.795. The Balaban J connectivity index is 2.29. The van der Waals surface area contributed by atoms with Gasteiger partial charge in [0.15, 0.2) is 5.16 Å². The second-order valence-corrected chi connectivity index (χ2v) is 4.13. The third-order valence-electron chi connectivity index (χ3n) is 1.63. The number of aromatic nitrogens is 5. The highest BCUT2D eigenvalue weighted by Gasteiger charge is 2.06. The van der Waals surface area contributed by atoms with E-state index in [1.165, 1.54) is 11.8 Å². The summed E-state index contributed by atoms with van der Waals surface area (Å²) in [7, 11) is 0. The van der Waals surface area contributed by atoms with Crippen LogP contribution in [0.5, 0.6) is 0 Å². The molecule has 0 saturated heterocycles. The van der Waals surface area contributed by atoms with Crippen LogP contribution in [0.25, 0.3) is 5.95 Å². The number of imidazole rings is 1. The van der Waals surface area contributed by atoms with Gasteiger partial charge in [-0.2, -0.15) is 15.0 Å². The van der Waals surface area contributed by atoms with Crippen molar-refractivity contribution >= 4 is 23.4 Å². The third kappa shape index (κ3) is 2.69. The maximum atomic E-state index is 8.71. The average molecular weight is 258 g/mol. The minimum atomic E-state index is 0.0639. The Morgan fingerprint density at radius 1 is 1.38 bits per heavy atom. The smallest absolute Gasteiger partial charge is 0.240 e. The minimum absolute atomic E-state index is 0.0639. The summed E-state index contributed by atoms with van der Waals surface area (Å²) in [6.45, 7) is 0.0639. The molecule has 0 spiro atoms. The van der Waals surface area contributed by atoms with Crippen LogP contribution in [0.4, 0.5) is 0 Å². The molecule has 0 atom stereocenters. The lowest BCUT2D eigenvalue weighted by atomic mass is 10.8. The molecular weight excluding hydrogens is 250 g/mol. The Morgan fingerprint density at radius 3 is 2.94 bits per heavy atom. The van der Waals surface area contributed by atoms with E-state index in [1.807, 2.05) is 0 Å². The lowest BCUT2D eigenvalue weighted by Gasteiger charge is -2.02. The van der Waals surface area contributed by atoms with Gasteiger partial charge < -0.3 is 5.11 Å². The SMILES string of the molecule is OCCSc1nc(Cl)nc(-n2ccnc2)n1. The molecule has 2 aromatic rings. The zero-order chi connectivity index (χ0) is 11.4. The van der Waals surface area contributed by atoms with Crippen molar-refractivity contribution in [1.82, 2.24) is 24.5 Å². The van der Waals surface area contributed by atoms with E-state index in [4.69, 9.17) is 16.7 Å². The summed E-state index contributed by atoms with van der Waals surface area (Å²) in [6.07, 6.45) is 4.91. The molecule has 2 rings (SSSR count). The first-order chi connectivity index (χ1) is 7.79. The molecule has 84 valence electrons. The number of hydrogen-bond acceptors (Lipinski definition) is 6. The zero-order valence-electron chi connectivity index (χ0n) is 8.12. The van der Waals surface area contributed by atoms with Crippen molar-refractivity contribution in [3.8, 4) is 5.95 Å². The highest BCUT2D eigenvalue weighted by molar-refractivity contribution is 7.99. The van der Waals surface area contributed by atoms with E-state index in [2.05, 4.69) is 19.9 Å². The number of nitrogens with zero attached hydrogens (tertiary/aromatic N) is 5. The quantitative estimate of drug-likeness (QED) is 0.817. The Bertz CT molecular complexity index is 463. The topological polar surface area (TPSA) is 76.7 Å². The van der Waals surface area contributed by atoms with Crippen LogP contribution in [0, 0.1) is 0 Å². The molecule has 2 heterocycles. The fourth-order valence-corrected chi connectivity index (χ4v) is 1.79. The highest BCUT2D eigenvalue weighted by Crippen LogP contribution is 2.15. The summed E-state index contributed by atoms with van der Waals surface area (Å²) in [5, 5.41) is 9.32. The lowest BCUT2D eigenvalue weighted by molar-refractivity contribution is 0.322. The second-order valence-electron chi connectivity index (χ2n) is 2.73. The van der Waals surface area contributed by atoms with Crippen molar-refractivity contribution in [2.75, 3.05) is 12.4 Å². The molecule has 0 aliphatic heterocycles. The number of hydrogen-bond donors (Lipinski definition) is 1. The van der Waals surface area contributed by atoms with Crippen molar-refractivity contribution in [3.63, 3.8) is 0 Å². The van der Waals surface area contributed by atoms with Gasteiger partial charge in [-0.15, -0.1) is 0 Å². The van der Waals surface area contributed by atoms with Crippen LogP contribution >= 0.6 is 23.4 Å². The fraction of sp³-hybridized carbons (Fsp3) is 0.250. The second kappa shape index (κ2) is 5.24. The highest BCUT2D eigenvalue weighted by atomic mass is 35.5. The summed E-state index contributed by atoms with van der Waals surface area (Å²) in [4.78, 5) is 16.0. The van der Waals surface area contributed by atoms with Gasteiger partial charge in [0.05, 0.1) is 6.61 Å².